The summed E-state index contributed by atoms with van der Waals surface area (Å²) in [5, 5.41) is 18.9. The van der Waals surface area contributed by atoms with Gasteiger partial charge in [0.05, 0.1) is 5.00 Å². The molecule has 82 valence electrons. The Morgan fingerprint density at radius 3 is 2.87 bits per heavy atom. The molecule has 1 atom stereocenters. The summed E-state index contributed by atoms with van der Waals surface area (Å²) in [5.41, 5.74) is 10.5. The smallest absolute Gasteiger partial charge is 0.320 e. The Hall–Kier alpha value is -1.60. The number of nitrogens with two attached hydrogens (primary N) is 2. The molecule has 0 saturated heterocycles. The third-order valence-corrected chi connectivity index (χ3v) is 2.68. The van der Waals surface area contributed by atoms with Gasteiger partial charge in [0.25, 0.3) is 0 Å². The van der Waals surface area contributed by atoms with E-state index in [9.17, 15) is 4.79 Å². The van der Waals surface area contributed by atoms with Gasteiger partial charge in [-0.25, -0.2) is 0 Å². The molecule has 6 nitrogen and oxygen atoms in total. The van der Waals surface area contributed by atoms with Crippen molar-refractivity contribution in [3.8, 4) is 0 Å². The van der Waals surface area contributed by atoms with Crippen LogP contribution in [0.2, 0.25) is 0 Å². The van der Waals surface area contributed by atoms with Crippen molar-refractivity contribution in [2.75, 3.05) is 5.32 Å². The molecule has 0 aromatic carbocycles. The van der Waals surface area contributed by atoms with Crippen molar-refractivity contribution in [3.63, 3.8) is 0 Å². The van der Waals surface area contributed by atoms with E-state index < -0.39 is 12.0 Å². The van der Waals surface area contributed by atoms with Crippen LogP contribution in [-0.2, 0) is 11.2 Å². The lowest BCUT2D eigenvalue weighted by Gasteiger charge is -2.03. The summed E-state index contributed by atoms with van der Waals surface area (Å²) in [5.74, 6) is -1.17. The van der Waals surface area contributed by atoms with Crippen LogP contribution >= 0.6 is 11.3 Å². The van der Waals surface area contributed by atoms with Gasteiger partial charge in [-0.1, -0.05) is 0 Å². The number of carboxylic acids is 1. The number of hydrogen-bond acceptors (Lipinski definition) is 4. The Labute approximate surface area is 90.4 Å². The Morgan fingerprint density at radius 1 is 1.67 bits per heavy atom. The van der Waals surface area contributed by atoms with Crippen molar-refractivity contribution >= 4 is 28.3 Å². The van der Waals surface area contributed by atoms with Gasteiger partial charge in [0, 0.05) is 11.3 Å². The first-order valence-electron chi connectivity index (χ1n) is 4.17. The highest BCUT2D eigenvalue weighted by Gasteiger charge is 2.13. The summed E-state index contributed by atoms with van der Waals surface area (Å²) in [6.45, 7) is 0. The molecule has 0 fully saturated rings. The molecule has 0 radical (unpaired) electrons. The number of anilines is 1. The third kappa shape index (κ3) is 3.56. The van der Waals surface area contributed by atoms with Gasteiger partial charge < -0.3 is 21.9 Å². The molecule has 0 bridgehead atoms. The molecule has 1 rings (SSSR count). The van der Waals surface area contributed by atoms with E-state index >= 15 is 0 Å². The van der Waals surface area contributed by atoms with Crippen LogP contribution in [0.3, 0.4) is 0 Å². The average Bonchev–Trinajstić information content (AvgIpc) is 2.51. The zero-order valence-electron chi connectivity index (χ0n) is 7.86. The highest BCUT2D eigenvalue weighted by molar-refractivity contribution is 7.16. The molecule has 7 heteroatoms. The van der Waals surface area contributed by atoms with Gasteiger partial charge in [-0.05, 0) is 12.1 Å². The second-order valence-electron chi connectivity index (χ2n) is 2.95. The maximum atomic E-state index is 10.5. The van der Waals surface area contributed by atoms with Gasteiger partial charge in [0.2, 0.25) is 0 Å². The highest BCUT2D eigenvalue weighted by Crippen LogP contribution is 2.22. The van der Waals surface area contributed by atoms with Crippen molar-refractivity contribution in [1.82, 2.24) is 0 Å². The molecule has 1 aromatic heterocycles. The maximum absolute atomic E-state index is 10.5. The summed E-state index contributed by atoms with van der Waals surface area (Å²) in [7, 11) is 0. The van der Waals surface area contributed by atoms with Gasteiger partial charge in [-0.3, -0.25) is 10.2 Å². The van der Waals surface area contributed by atoms with Crippen molar-refractivity contribution in [2.24, 2.45) is 11.5 Å². The lowest BCUT2D eigenvalue weighted by atomic mass is 10.2. The molecule has 7 N–H and O–H groups in total. The minimum atomic E-state index is -1.02. The van der Waals surface area contributed by atoms with E-state index in [1.807, 2.05) is 0 Å². The number of aliphatic carboxylic acids is 1. The summed E-state index contributed by atoms with van der Waals surface area (Å²) < 4.78 is 0. The Morgan fingerprint density at radius 2 is 2.33 bits per heavy atom. The molecule has 0 aliphatic rings. The molecule has 1 aromatic rings. The summed E-state index contributed by atoms with van der Waals surface area (Å²) in [6.07, 6.45) is 0.277. The van der Waals surface area contributed by atoms with Crippen LogP contribution in [0.15, 0.2) is 12.1 Å². The first-order chi connectivity index (χ1) is 6.99. The van der Waals surface area contributed by atoms with Crippen LogP contribution in [0, 0.1) is 5.41 Å². The lowest BCUT2D eigenvalue weighted by Crippen LogP contribution is -2.31. The second-order valence-corrected chi connectivity index (χ2v) is 4.12. The highest BCUT2D eigenvalue weighted by atomic mass is 32.1. The van der Waals surface area contributed by atoms with E-state index in [1.54, 1.807) is 12.1 Å². The zero-order chi connectivity index (χ0) is 11.4. The minimum absolute atomic E-state index is 0.147. The maximum Gasteiger partial charge on any atom is 0.320 e. The largest absolute Gasteiger partial charge is 0.480 e. The minimum Gasteiger partial charge on any atom is -0.480 e. The van der Waals surface area contributed by atoms with E-state index in [-0.39, 0.29) is 12.4 Å². The summed E-state index contributed by atoms with van der Waals surface area (Å²) in [6, 6.07) is 2.60. The van der Waals surface area contributed by atoms with Crippen molar-refractivity contribution in [3.05, 3.63) is 17.0 Å². The summed E-state index contributed by atoms with van der Waals surface area (Å²) >= 11 is 1.33. The van der Waals surface area contributed by atoms with Crippen LogP contribution in [0.5, 0.6) is 0 Å². The predicted octanol–water partition coefficient (Wildman–Crippen LogP) is 0.00787. The fourth-order valence-electron chi connectivity index (χ4n) is 0.992. The Bertz CT molecular complexity index is 376. The van der Waals surface area contributed by atoms with Crippen LogP contribution in [-0.4, -0.2) is 23.1 Å². The van der Waals surface area contributed by atoms with Gasteiger partial charge in [0.15, 0.2) is 5.96 Å². The van der Waals surface area contributed by atoms with Gasteiger partial charge >= 0.3 is 5.97 Å². The van der Waals surface area contributed by atoms with Crippen LogP contribution < -0.4 is 16.8 Å². The molecule has 1 heterocycles. The molecule has 0 saturated carbocycles. The first kappa shape index (κ1) is 11.5. The third-order valence-electron chi connectivity index (χ3n) is 1.66. The van der Waals surface area contributed by atoms with Crippen molar-refractivity contribution in [2.45, 2.75) is 12.5 Å². The molecular weight excluding hydrogens is 216 g/mol. The van der Waals surface area contributed by atoms with Crippen molar-refractivity contribution in [1.29, 1.82) is 5.41 Å². The lowest BCUT2D eigenvalue weighted by molar-refractivity contribution is -0.138. The fraction of sp³-hybridized carbons (Fsp3) is 0.250. The molecule has 0 aliphatic heterocycles. The molecule has 0 aliphatic carbocycles. The van der Waals surface area contributed by atoms with Gasteiger partial charge in [-0.2, -0.15) is 0 Å². The molecule has 0 amide bonds. The number of nitrogens with one attached hydrogen (secondary N) is 2. The number of guanidine groups is 1. The van der Waals surface area contributed by atoms with Crippen LogP contribution in [0.25, 0.3) is 0 Å². The Kier molecular flexibility index (Phi) is 3.64. The second kappa shape index (κ2) is 4.76. The van der Waals surface area contributed by atoms with E-state index in [0.29, 0.717) is 5.00 Å². The SMILES string of the molecule is N=C(N)Nc1ccc(C[C@H](N)C(=O)O)s1. The van der Waals surface area contributed by atoms with E-state index in [2.05, 4.69) is 5.32 Å². The van der Waals surface area contributed by atoms with E-state index in [1.165, 1.54) is 11.3 Å². The van der Waals surface area contributed by atoms with Crippen LogP contribution in [0.1, 0.15) is 4.88 Å². The predicted molar refractivity (Wildman–Crippen MR) is 59.2 cm³/mol. The Balaban J connectivity index is 2.60. The standard InChI is InChI=1S/C8H12N4O2S/c9-5(7(13)14)3-4-1-2-6(15-4)12-8(10)11/h1-2,5H,3,9H2,(H,13,14)(H4,10,11,12)/t5-/m0/s1. The zero-order valence-corrected chi connectivity index (χ0v) is 8.67. The fourth-order valence-corrected chi connectivity index (χ4v) is 1.97. The average molecular weight is 228 g/mol. The number of rotatable bonds is 4. The number of hydrogen-bond donors (Lipinski definition) is 5. The molecule has 0 unspecified atom stereocenters. The van der Waals surface area contributed by atoms with Crippen LogP contribution in [0.4, 0.5) is 5.00 Å². The molecule has 0 spiro atoms. The number of thiophene rings is 1. The monoisotopic (exact) mass is 228 g/mol. The van der Waals surface area contributed by atoms with Gasteiger partial charge in [-0.15, -0.1) is 11.3 Å². The molecule has 15 heavy (non-hydrogen) atoms. The quantitative estimate of drug-likeness (QED) is 0.366. The van der Waals surface area contributed by atoms with E-state index in [4.69, 9.17) is 22.0 Å². The van der Waals surface area contributed by atoms with E-state index in [0.717, 1.165) is 4.88 Å². The normalized spacial score (nSPS) is 12.1. The molecular formula is C8H12N4O2S. The number of carbonyl (C=O) groups is 1. The summed E-state index contributed by atoms with van der Waals surface area (Å²) in [4.78, 5) is 11.3. The number of carboxylic acid groups (broad SMARTS) is 1. The topological polar surface area (TPSA) is 125 Å². The first-order valence-corrected chi connectivity index (χ1v) is 4.99. The van der Waals surface area contributed by atoms with Crippen molar-refractivity contribution < 1.29 is 9.90 Å². The van der Waals surface area contributed by atoms with Gasteiger partial charge in [0.1, 0.15) is 6.04 Å².